The molecule has 1 aromatic carbocycles. The number of aryl methyl sites for hydroxylation is 2. The van der Waals surface area contributed by atoms with Crippen LogP contribution in [0.15, 0.2) is 30.3 Å². The Kier molecular flexibility index (Phi) is 6.37. The predicted molar refractivity (Wildman–Crippen MR) is 95.2 cm³/mol. The van der Waals surface area contributed by atoms with Gasteiger partial charge in [0.15, 0.2) is 0 Å². The van der Waals surface area contributed by atoms with Gasteiger partial charge in [-0.1, -0.05) is 6.92 Å². The Hall–Kier alpha value is -2.34. The van der Waals surface area contributed by atoms with Gasteiger partial charge in [0.2, 0.25) is 0 Å². The summed E-state index contributed by atoms with van der Waals surface area (Å²) in [5.41, 5.74) is 1.85. The number of aliphatic carboxylic acids is 1. The molecule has 5 nitrogen and oxygen atoms in total. The highest BCUT2D eigenvalue weighted by molar-refractivity contribution is 7.14. The minimum atomic E-state index is -0.827. The summed E-state index contributed by atoms with van der Waals surface area (Å²) < 4.78 is 5.46. The number of benzene rings is 1. The number of carbonyl (C=O) groups excluding carboxylic acids is 1. The summed E-state index contributed by atoms with van der Waals surface area (Å²) in [5.74, 6) is -0.289. The van der Waals surface area contributed by atoms with Crippen LogP contribution < -0.4 is 10.1 Å². The summed E-state index contributed by atoms with van der Waals surface area (Å²) in [6.07, 6.45) is 1.48. The summed E-state index contributed by atoms with van der Waals surface area (Å²) in [4.78, 5) is 24.6. The molecular formula is C18H21NO4S. The molecule has 0 unspecified atom stereocenters. The molecule has 24 heavy (non-hydrogen) atoms. The lowest BCUT2D eigenvalue weighted by Crippen LogP contribution is -2.10. The summed E-state index contributed by atoms with van der Waals surface area (Å²) in [6.45, 7) is 4.45. The molecular weight excluding hydrogens is 326 g/mol. The van der Waals surface area contributed by atoms with Crippen LogP contribution in [0.4, 0.5) is 5.69 Å². The van der Waals surface area contributed by atoms with Gasteiger partial charge in [-0.25, -0.2) is 0 Å². The Labute approximate surface area is 145 Å². The summed E-state index contributed by atoms with van der Waals surface area (Å²) in [5, 5.41) is 11.4. The quantitative estimate of drug-likeness (QED) is 0.705. The van der Waals surface area contributed by atoms with E-state index < -0.39 is 5.97 Å². The van der Waals surface area contributed by atoms with E-state index in [4.69, 9.17) is 9.84 Å². The number of rotatable bonds is 8. The summed E-state index contributed by atoms with van der Waals surface area (Å²) >= 11 is 1.52. The Morgan fingerprint density at radius 1 is 1.25 bits per heavy atom. The van der Waals surface area contributed by atoms with Crippen LogP contribution in [0.3, 0.4) is 0 Å². The third-order valence-electron chi connectivity index (χ3n) is 3.48. The van der Waals surface area contributed by atoms with Crippen LogP contribution in [0.2, 0.25) is 0 Å². The molecule has 0 saturated carbocycles. The second-order valence-corrected chi connectivity index (χ2v) is 6.53. The van der Waals surface area contributed by atoms with Crippen LogP contribution in [0.25, 0.3) is 0 Å². The number of carboxylic acids is 1. The van der Waals surface area contributed by atoms with E-state index in [2.05, 4.69) is 12.2 Å². The molecule has 2 aromatic rings. The second-order valence-electron chi connectivity index (χ2n) is 5.39. The first kappa shape index (κ1) is 18.0. The molecule has 2 N–H and O–H groups in total. The van der Waals surface area contributed by atoms with Crippen molar-refractivity contribution in [2.45, 2.75) is 33.1 Å². The van der Waals surface area contributed by atoms with E-state index in [1.54, 1.807) is 24.3 Å². The average molecular weight is 347 g/mol. The first-order valence-electron chi connectivity index (χ1n) is 7.85. The van der Waals surface area contributed by atoms with E-state index in [1.807, 2.05) is 13.0 Å². The molecule has 6 heteroatoms. The van der Waals surface area contributed by atoms with Crippen molar-refractivity contribution in [3.8, 4) is 5.75 Å². The van der Waals surface area contributed by atoms with Gasteiger partial charge in [0.05, 0.1) is 11.5 Å². The highest BCUT2D eigenvalue weighted by Crippen LogP contribution is 2.24. The van der Waals surface area contributed by atoms with Gasteiger partial charge in [0.25, 0.3) is 5.91 Å². The van der Waals surface area contributed by atoms with Crippen molar-refractivity contribution in [1.82, 2.24) is 0 Å². The number of carbonyl (C=O) groups is 2. The highest BCUT2D eigenvalue weighted by atomic mass is 32.1. The fraction of sp³-hybridized carbons (Fsp3) is 0.333. The molecule has 128 valence electrons. The van der Waals surface area contributed by atoms with E-state index in [1.165, 1.54) is 16.2 Å². The van der Waals surface area contributed by atoms with Gasteiger partial charge in [-0.05, 0) is 55.7 Å². The maximum absolute atomic E-state index is 12.3. The van der Waals surface area contributed by atoms with Crippen molar-refractivity contribution in [2.24, 2.45) is 0 Å². The van der Waals surface area contributed by atoms with Gasteiger partial charge >= 0.3 is 5.97 Å². The SMILES string of the molecule is CCc1sc(C(=O)Nc2ccc(OCCCC(=O)O)cc2)cc1C. The van der Waals surface area contributed by atoms with Crippen molar-refractivity contribution < 1.29 is 19.4 Å². The third-order valence-corrected chi connectivity index (χ3v) is 4.86. The zero-order valence-electron chi connectivity index (χ0n) is 13.8. The molecule has 0 spiro atoms. The van der Waals surface area contributed by atoms with Crippen molar-refractivity contribution in [2.75, 3.05) is 11.9 Å². The number of amides is 1. The predicted octanol–water partition coefficient (Wildman–Crippen LogP) is 4.11. The van der Waals surface area contributed by atoms with Gasteiger partial charge in [0, 0.05) is 17.0 Å². The van der Waals surface area contributed by atoms with Crippen molar-refractivity contribution in [3.63, 3.8) is 0 Å². The van der Waals surface area contributed by atoms with Crippen LogP contribution >= 0.6 is 11.3 Å². The molecule has 0 saturated heterocycles. The van der Waals surface area contributed by atoms with E-state index in [0.29, 0.717) is 29.3 Å². The van der Waals surface area contributed by atoms with E-state index in [0.717, 1.165) is 12.0 Å². The maximum atomic E-state index is 12.3. The normalized spacial score (nSPS) is 10.4. The van der Waals surface area contributed by atoms with Gasteiger partial charge in [-0.15, -0.1) is 11.3 Å². The molecule has 0 aliphatic carbocycles. The number of thiophene rings is 1. The van der Waals surface area contributed by atoms with E-state index >= 15 is 0 Å². The van der Waals surface area contributed by atoms with E-state index in [9.17, 15) is 9.59 Å². The lowest BCUT2D eigenvalue weighted by molar-refractivity contribution is -0.137. The number of carboxylic acid groups (broad SMARTS) is 1. The molecule has 0 aliphatic heterocycles. The Morgan fingerprint density at radius 2 is 1.96 bits per heavy atom. The van der Waals surface area contributed by atoms with Crippen LogP contribution in [-0.2, 0) is 11.2 Å². The van der Waals surface area contributed by atoms with Crippen molar-refractivity contribution in [3.05, 3.63) is 45.6 Å². The molecule has 1 aromatic heterocycles. The second kappa shape index (κ2) is 8.49. The van der Waals surface area contributed by atoms with Gasteiger partial charge in [-0.3, -0.25) is 9.59 Å². The largest absolute Gasteiger partial charge is 0.494 e. The molecule has 0 atom stereocenters. The number of hydrogen-bond acceptors (Lipinski definition) is 4. The molecule has 1 amide bonds. The van der Waals surface area contributed by atoms with Crippen LogP contribution in [0.5, 0.6) is 5.75 Å². The fourth-order valence-electron chi connectivity index (χ4n) is 2.22. The minimum absolute atomic E-state index is 0.0914. The van der Waals surface area contributed by atoms with Crippen molar-refractivity contribution >= 4 is 28.9 Å². The van der Waals surface area contributed by atoms with Crippen LogP contribution in [-0.4, -0.2) is 23.6 Å². The molecule has 2 rings (SSSR count). The van der Waals surface area contributed by atoms with Crippen LogP contribution in [0.1, 0.15) is 39.9 Å². The number of hydrogen-bond donors (Lipinski definition) is 2. The lowest BCUT2D eigenvalue weighted by atomic mass is 10.2. The first-order valence-corrected chi connectivity index (χ1v) is 8.66. The maximum Gasteiger partial charge on any atom is 0.303 e. The minimum Gasteiger partial charge on any atom is -0.494 e. The van der Waals surface area contributed by atoms with Gasteiger partial charge in [0.1, 0.15) is 5.75 Å². The number of ether oxygens (including phenoxy) is 1. The number of nitrogens with one attached hydrogen (secondary N) is 1. The first-order chi connectivity index (χ1) is 11.5. The molecule has 0 bridgehead atoms. The Balaban J connectivity index is 1.88. The topological polar surface area (TPSA) is 75.6 Å². The van der Waals surface area contributed by atoms with Crippen molar-refractivity contribution in [1.29, 1.82) is 0 Å². The summed E-state index contributed by atoms with van der Waals surface area (Å²) in [7, 11) is 0. The van der Waals surface area contributed by atoms with Gasteiger partial charge < -0.3 is 15.2 Å². The fourth-order valence-corrected chi connectivity index (χ4v) is 3.23. The molecule has 0 fully saturated rings. The third kappa shape index (κ3) is 5.09. The Bertz CT molecular complexity index is 706. The molecule has 1 heterocycles. The zero-order valence-corrected chi connectivity index (χ0v) is 14.6. The lowest BCUT2D eigenvalue weighted by Gasteiger charge is -2.07. The monoisotopic (exact) mass is 347 g/mol. The average Bonchev–Trinajstić information content (AvgIpc) is 2.94. The van der Waals surface area contributed by atoms with Gasteiger partial charge in [-0.2, -0.15) is 0 Å². The smallest absolute Gasteiger partial charge is 0.303 e. The standard InChI is InChI=1S/C18H21NO4S/c1-3-15-12(2)11-16(24-15)18(22)19-13-6-8-14(9-7-13)23-10-4-5-17(20)21/h6-9,11H,3-5,10H2,1-2H3,(H,19,22)(H,20,21). The summed E-state index contributed by atoms with van der Waals surface area (Å²) in [6, 6.07) is 8.97. The Morgan fingerprint density at radius 3 is 2.54 bits per heavy atom. The number of anilines is 1. The molecule has 0 radical (unpaired) electrons. The molecule has 0 aliphatic rings. The highest BCUT2D eigenvalue weighted by Gasteiger charge is 2.11. The van der Waals surface area contributed by atoms with Crippen LogP contribution in [0, 0.1) is 6.92 Å². The van der Waals surface area contributed by atoms with E-state index in [-0.39, 0.29) is 12.3 Å². The zero-order chi connectivity index (χ0) is 17.5.